The first-order valence-corrected chi connectivity index (χ1v) is 7.69. The van der Waals surface area contributed by atoms with Crippen LogP contribution < -0.4 is 15.2 Å². The average Bonchev–Trinajstić information content (AvgIpc) is 3.03. The first-order valence-electron chi connectivity index (χ1n) is 7.69. The monoisotopic (exact) mass is 304 g/mol. The van der Waals surface area contributed by atoms with Gasteiger partial charge >= 0.3 is 0 Å². The Morgan fingerprint density at radius 2 is 2.27 bits per heavy atom. The van der Waals surface area contributed by atoms with E-state index in [4.69, 9.17) is 15.2 Å². The summed E-state index contributed by atoms with van der Waals surface area (Å²) < 4.78 is 11.0. The molecule has 0 aliphatic carbocycles. The van der Waals surface area contributed by atoms with Gasteiger partial charge in [-0.25, -0.2) is 0 Å². The van der Waals surface area contributed by atoms with Crippen LogP contribution in [-0.4, -0.2) is 43.7 Å². The number of methoxy groups -OCH3 is 1. The summed E-state index contributed by atoms with van der Waals surface area (Å²) in [6.45, 7) is 3.77. The van der Waals surface area contributed by atoms with Crippen molar-refractivity contribution in [2.45, 2.75) is 25.8 Å². The Bertz CT molecular complexity index is 543. The van der Waals surface area contributed by atoms with Crippen LogP contribution in [0, 0.1) is 0 Å². The zero-order chi connectivity index (χ0) is 15.9. The second-order valence-corrected chi connectivity index (χ2v) is 5.21. The number of amides is 1. The van der Waals surface area contributed by atoms with E-state index in [1.54, 1.807) is 25.3 Å². The predicted octanol–water partition coefficient (Wildman–Crippen LogP) is 2.21. The molecule has 1 atom stereocenters. The van der Waals surface area contributed by atoms with Crippen LogP contribution in [0.1, 0.15) is 30.1 Å². The quantitative estimate of drug-likeness (QED) is 0.619. The fourth-order valence-corrected chi connectivity index (χ4v) is 2.51. The summed E-state index contributed by atoms with van der Waals surface area (Å²) in [5.74, 6) is 1.20. The van der Waals surface area contributed by atoms with Crippen LogP contribution >= 0.6 is 0 Å². The van der Waals surface area contributed by atoms with Gasteiger partial charge < -0.3 is 20.1 Å². The summed E-state index contributed by atoms with van der Waals surface area (Å²) in [5.41, 5.74) is 6.03. The Morgan fingerprint density at radius 1 is 1.45 bits per heavy atom. The maximum atomic E-state index is 12.9. The molecule has 1 aliphatic rings. The third kappa shape index (κ3) is 3.60. The van der Waals surface area contributed by atoms with Crippen LogP contribution in [0.4, 0.5) is 0 Å². The fourth-order valence-electron chi connectivity index (χ4n) is 2.51. The number of carbonyl (C=O) groups excluding carboxylic acids is 1. The van der Waals surface area contributed by atoms with Crippen molar-refractivity contribution in [3.63, 3.8) is 0 Å². The lowest BCUT2D eigenvalue weighted by Crippen LogP contribution is -2.35. The van der Waals surface area contributed by atoms with Crippen molar-refractivity contribution in [3.8, 4) is 11.5 Å². The fraction of sp³-hybridized carbons (Fsp3) is 0.471. The smallest absolute Gasteiger partial charge is 0.258 e. The lowest BCUT2D eigenvalue weighted by molar-refractivity contribution is 0.0742. The Kier molecular flexibility index (Phi) is 5.83. The second-order valence-electron chi connectivity index (χ2n) is 5.21. The van der Waals surface area contributed by atoms with Crippen LogP contribution in [0.2, 0.25) is 0 Å². The highest BCUT2D eigenvalue weighted by molar-refractivity contribution is 5.98. The molecule has 1 aromatic rings. The molecule has 1 amide bonds. The summed E-state index contributed by atoms with van der Waals surface area (Å²) in [6.07, 6.45) is 5.76. The number of hydrogen-bond donors (Lipinski definition) is 1. The van der Waals surface area contributed by atoms with E-state index in [0.717, 1.165) is 12.8 Å². The summed E-state index contributed by atoms with van der Waals surface area (Å²) in [4.78, 5) is 14.7. The van der Waals surface area contributed by atoms with Crippen LogP contribution in [0.25, 0.3) is 0 Å². The van der Waals surface area contributed by atoms with E-state index in [-0.39, 0.29) is 11.9 Å². The van der Waals surface area contributed by atoms with Crippen LogP contribution in [0.15, 0.2) is 30.4 Å². The van der Waals surface area contributed by atoms with E-state index in [9.17, 15) is 4.79 Å². The Balaban J connectivity index is 2.24. The van der Waals surface area contributed by atoms with Crippen molar-refractivity contribution in [1.82, 2.24) is 4.90 Å². The molecule has 1 aliphatic heterocycles. The average molecular weight is 304 g/mol. The van der Waals surface area contributed by atoms with Gasteiger partial charge in [-0.2, -0.15) is 0 Å². The highest BCUT2D eigenvalue weighted by Crippen LogP contribution is 2.28. The molecule has 1 heterocycles. The minimum Gasteiger partial charge on any atom is -0.497 e. The van der Waals surface area contributed by atoms with Gasteiger partial charge in [0, 0.05) is 6.54 Å². The zero-order valence-electron chi connectivity index (χ0n) is 13.2. The molecule has 0 spiro atoms. The minimum atomic E-state index is -0.0292. The number of nitrogens with zero attached hydrogens (tertiary/aromatic N) is 1. The van der Waals surface area contributed by atoms with E-state index < -0.39 is 0 Å². The molecule has 0 bridgehead atoms. The molecule has 120 valence electrons. The van der Waals surface area contributed by atoms with Crippen molar-refractivity contribution in [2.75, 3.05) is 26.8 Å². The molecule has 2 rings (SSSR count). The zero-order valence-corrected chi connectivity index (χ0v) is 13.2. The van der Waals surface area contributed by atoms with Crippen molar-refractivity contribution >= 4 is 5.91 Å². The number of hydrogen-bond acceptors (Lipinski definition) is 4. The highest BCUT2D eigenvalue weighted by atomic mass is 16.5. The second kappa shape index (κ2) is 7.84. The van der Waals surface area contributed by atoms with Gasteiger partial charge in [0.15, 0.2) is 0 Å². The van der Waals surface area contributed by atoms with Crippen molar-refractivity contribution < 1.29 is 14.3 Å². The standard InChI is InChI=1S/C17H24N2O3/c1-3-13-6-4-10-19(13)17(20)15-12-14(21-2)7-8-16(15)22-11-5-9-18/h4,6-8,12-13H,3,5,9-11,18H2,1-2H3/t13-/m1/s1. The van der Waals surface area contributed by atoms with Gasteiger partial charge in [-0.15, -0.1) is 0 Å². The van der Waals surface area contributed by atoms with E-state index in [1.165, 1.54) is 0 Å². The lowest BCUT2D eigenvalue weighted by Gasteiger charge is -2.25. The van der Waals surface area contributed by atoms with E-state index in [2.05, 4.69) is 13.0 Å². The molecule has 0 fully saturated rings. The molecule has 0 aromatic heterocycles. The molecular formula is C17H24N2O3. The number of benzene rings is 1. The summed E-state index contributed by atoms with van der Waals surface area (Å²) in [5, 5.41) is 0. The first-order chi connectivity index (χ1) is 10.7. The van der Waals surface area contributed by atoms with Crippen LogP contribution in [0.5, 0.6) is 11.5 Å². The van der Waals surface area contributed by atoms with E-state index in [1.807, 2.05) is 11.0 Å². The molecule has 5 nitrogen and oxygen atoms in total. The lowest BCUT2D eigenvalue weighted by atomic mass is 10.1. The molecule has 0 radical (unpaired) electrons. The summed E-state index contributed by atoms with van der Waals surface area (Å²) in [7, 11) is 1.59. The van der Waals surface area contributed by atoms with E-state index in [0.29, 0.717) is 36.8 Å². The van der Waals surface area contributed by atoms with Gasteiger partial charge in [0.2, 0.25) is 0 Å². The van der Waals surface area contributed by atoms with Gasteiger partial charge in [0.25, 0.3) is 5.91 Å². The molecule has 2 N–H and O–H groups in total. The number of carbonyl (C=O) groups is 1. The third-order valence-corrected chi connectivity index (χ3v) is 3.76. The van der Waals surface area contributed by atoms with Gasteiger partial charge in [0.05, 0.1) is 25.3 Å². The summed E-state index contributed by atoms with van der Waals surface area (Å²) >= 11 is 0. The Labute approximate surface area is 131 Å². The van der Waals surface area contributed by atoms with Gasteiger partial charge in [-0.05, 0) is 37.6 Å². The predicted molar refractivity (Wildman–Crippen MR) is 86.4 cm³/mol. The molecular weight excluding hydrogens is 280 g/mol. The SMILES string of the molecule is CC[C@@H]1C=CCN1C(=O)c1cc(OC)ccc1OCCCN. The molecule has 5 heteroatoms. The highest BCUT2D eigenvalue weighted by Gasteiger charge is 2.27. The van der Waals surface area contributed by atoms with Crippen molar-refractivity contribution in [1.29, 1.82) is 0 Å². The van der Waals surface area contributed by atoms with Gasteiger partial charge in [-0.1, -0.05) is 19.1 Å². The molecule has 0 saturated carbocycles. The minimum absolute atomic E-state index is 0.0292. The maximum Gasteiger partial charge on any atom is 0.258 e. The molecule has 22 heavy (non-hydrogen) atoms. The largest absolute Gasteiger partial charge is 0.497 e. The van der Waals surface area contributed by atoms with Crippen molar-refractivity contribution in [3.05, 3.63) is 35.9 Å². The number of nitrogens with two attached hydrogens (primary N) is 1. The number of ether oxygens (including phenoxy) is 2. The summed E-state index contributed by atoms with van der Waals surface area (Å²) in [6, 6.07) is 5.47. The Hall–Kier alpha value is -2.01. The molecule has 1 aromatic carbocycles. The molecule has 0 unspecified atom stereocenters. The normalized spacial score (nSPS) is 16.9. The van der Waals surface area contributed by atoms with Crippen LogP contribution in [0.3, 0.4) is 0 Å². The van der Waals surface area contributed by atoms with E-state index >= 15 is 0 Å². The molecule has 0 saturated heterocycles. The third-order valence-electron chi connectivity index (χ3n) is 3.76. The van der Waals surface area contributed by atoms with Crippen LogP contribution in [-0.2, 0) is 0 Å². The number of rotatable bonds is 7. The Morgan fingerprint density at radius 3 is 2.95 bits per heavy atom. The van der Waals surface area contributed by atoms with Crippen molar-refractivity contribution in [2.24, 2.45) is 5.73 Å². The van der Waals surface area contributed by atoms with Gasteiger partial charge in [-0.3, -0.25) is 4.79 Å². The first kappa shape index (κ1) is 16.4. The topological polar surface area (TPSA) is 64.8 Å². The van der Waals surface area contributed by atoms with Gasteiger partial charge in [0.1, 0.15) is 11.5 Å². The maximum absolute atomic E-state index is 12.9.